The van der Waals surface area contributed by atoms with Crippen molar-refractivity contribution in [2.75, 3.05) is 20.3 Å². The zero-order valence-corrected chi connectivity index (χ0v) is 11.5. The number of hydrogen-bond donors (Lipinski definition) is 0. The molecule has 1 aromatic heterocycles. The van der Waals surface area contributed by atoms with E-state index in [-0.39, 0.29) is 17.3 Å². The summed E-state index contributed by atoms with van der Waals surface area (Å²) in [5.74, 6) is -0.559. The molecule has 0 atom stereocenters. The summed E-state index contributed by atoms with van der Waals surface area (Å²) in [6.45, 7) is 1.19. The third-order valence-electron chi connectivity index (χ3n) is 2.82. The number of carbonyl (C=O) groups excluding carboxylic acids is 1. The highest BCUT2D eigenvalue weighted by Gasteiger charge is 2.21. The molecule has 18 heavy (non-hydrogen) atoms. The van der Waals surface area contributed by atoms with Crippen LogP contribution in [0.3, 0.4) is 0 Å². The summed E-state index contributed by atoms with van der Waals surface area (Å²) in [7, 11) is 1.28. The predicted octanol–water partition coefficient (Wildman–Crippen LogP) is 1.14. The highest BCUT2D eigenvalue weighted by molar-refractivity contribution is 9.10. The molecule has 0 radical (unpaired) electrons. The van der Waals surface area contributed by atoms with Crippen molar-refractivity contribution in [1.29, 1.82) is 0 Å². The molecule has 0 spiro atoms. The zero-order valence-electron chi connectivity index (χ0n) is 9.89. The van der Waals surface area contributed by atoms with E-state index in [1.54, 1.807) is 0 Å². The molecule has 7 heteroatoms. The van der Waals surface area contributed by atoms with Gasteiger partial charge in [0, 0.05) is 13.2 Å². The van der Waals surface area contributed by atoms with Gasteiger partial charge < -0.3 is 9.47 Å². The number of ether oxygens (including phenoxy) is 2. The molecule has 0 N–H and O–H groups in total. The molecular formula is C11H13BrN2O4. The van der Waals surface area contributed by atoms with E-state index in [4.69, 9.17) is 4.74 Å². The fourth-order valence-corrected chi connectivity index (χ4v) is 2.26. The Hall–Kier alpha value is -1.21. The van der Waals surface area contributed by atoms with Gasteiger partial charge in [-0.3, -0.25) is 4.79 Å². The molecule has 1 aromatic rings. The molecular weight excluding hydrogens is 304 g/mol. The van der Waals surface area contributed by atoms with E-state index in [2.05, 4.69) is 25.8 Å². The smallest absolute Gasteiger partial charge is 0.358 e. The summed E-state index contributed by atoms with van der Waals surface area (Å²) >= 11 is 3.15. The Morgan fingerprint density at radius 2 is 2.22 bits per heavy atom. The first-order valence-electron chi connectivity index (χ1n) is 5.59. The van der Waals surface area contributed by atoms with Crippen LogP contribution in [0.15, 0.2) is 15.3 Å². The van der Waals surface area contributed by atoms with Gasteiger partial charge in [-0.1, -0.05) is 0 Å². The van der Waals surface area contributed by atoms with Crippen molar-refractivity contribution in [3.63, 3.8) is 0 Å². The Balaban J connectivity index is 2.41. The quantitative estimate of drug-likeness (QED) is 0.765. The van der Waals surface area contributed by atoms with E-state index in [0.29, 0.717) is 30.5 Å². The number of esters is 1. The molecule has 0 saturated carbocycles. The molecule has 2 heterocycles. The van der Waals surface area contributed by atoms with Crippen LogP contribution in [0.25, 0.3) is 0 Å². The summed E-state index contributed by atoms with van der Waals surface area (Å²) in [6.07, 6.45) is 1.42. The molecule has 2 rings (SSSR count). The molecule has 0 aromatic carbocycles. The maximum Gasteiger partial charge on any atom is 0.358 e. The second kappa shape index (κ2) is 5.62. The lowest BCUT2D eigenvalue weighted by Gasteiger charge is -2.23. The van der Waals surface area contributed by atoms with E-state index >= 15 is 0 Å². The molecule has 0 bridgehead atoms. The summed E-state index contributed by atoms with van der Waals surface area (Å²) in [4.78, 5) is 23.5. The van der Waals surface area contributed by atoms with Gasteiger partial charge in [0.2, 0.25) is 0 Å². The predicted molar refractivity (Wildman–Crippen MR) is 66.6 cm³/mol. The molecule has 0 aliphatic carbocycles. The first kappa shape index (κ1) is 13.2. The van der Waals surface area contributed by atoms with Crippen LogP contribution >= 0.6 is 15.9 Å². The number of nitrogens with zero attached hydrogens (tertiary/aromatic N) is 2. The average molecular weight is 317 g/mol. The Bertz CT molecular complexity index is 508. The van der Waals surface area contributed by atoms with Crippen molar-refractivity contribution in [2.24, 2.45) is 0 Å². The summed E-state index contributed by atoms with van der Waals surface area (Å²) in [6, 6.07) is 1.34. The van der Waals surface area contributed by atoms with Gasteiger partial charge in [0.05, 0.1) is 17.6 Å². The van der Waals surface area contributed by atoms with Crippen LogP contribution in [-0.4, -0.2) is 36.1 Å². The van der Waals surface area contributed by atoms with Crippen LogP contribution in [0.4, 0.5) is 0 Å². The number of carbonyl (C=O) groups is 1. The van der Waals surface area contributed by atoms with Crippen molar-refractivity contribution in [3.05, 3.63) is 26.6 Å². The van der Waals surface area contributed by atoms with Gasteiger partial charge in [-0.25, -0.2) is 9.48 Å². The summed E-state index contributed by atoms with van der Waals surface area (Å²) in [5, 5.41) is 4.07. The minimum absolute atomic E-state index is 0.0350. The lowest BCUT2D eigenvalue weighted by atomic mass is 10.1. The molecule has 0 amide bonds. The van der Waals surface area contributed by atoms with Crippen LogP contribution in [0.2, 0.25) is 0 Å². The fourth-order valence-electron chi connectivity index (χ4n) is 1.86. The Labute approximate surface area is 112 Å². The van der Waals surface area contributed by atoms with Gasteiger partial charge in [0.1, 0.15) is 0 Å². The van der Waals surface area contributed by atoms with Crippen molar-refractivity contribution < 1.29 is 14.3 Å². The van der Waals surface area contributed by atoms with Crippen LogP contribution in [0.5, 0.6) is 0 Å². The minimum Gasteiger partial charge on any atom is -0.464 e. The fraction of sp³-hybridized carbons (Fsp3) is 0.545. The van der Waals surface area contributed by atoms with Crippen molar-refractivity contribution in [2.45, 2.75) is 18.9 Å². The third kappa shape index (κ3) is 2.62. The van der Waals surface area contributed by atoms with Gasteiger partial charge in [-0.05, 0) is 34.8 Å². The summed E-state index contributed by atoms with van der Waals surface area (Å²) in [5.41, 5.74) is -0.120. The third-order valence-corrected chi connectivity index (χ3v) is 3.39. The first-order chi connectivity index (χ1) is 8.63. The minimum atomic E-state index is -0.559. The highest BCUT2D eigenvalue weighted by Crippen LogP contribution is 2.19. The second-order valence-corrected chi connectivity index (χ2v) is 4.82. The van der Waals surface area contributed by atoms with Gasteiger partial charge in [-0.2, -0.15) is 5.10 Å². The molecule has 1 aliphatic heterocycles. The number of rotatable bonds is 2. The van der Waals surface area contributed by atoms with Crippen molar-refractivity contribution >= 4 is 21.9 Å². The monoisotopic (exact) mass is 316 g/mol. The Morgan fingerprint density at radius 1 is 1.56 bits per heavy atom. The van der Waals surface area contributed by atoms with E-state index in [1.807, 2.05) is 0 Å². The maximum atomic E-state index is 12.0. The van der Waals surface area contributed by atoms with Crippen LogP contribution in [0.1, 0.15) is 29.4 Å². The highest BCUT2D eigenvalue weighted by atomic mass is 79.9. The van der Waals surface area contributed by atoms with Crippen molar-refractivity contribution in [3.8, 4) is 0 Å². The molecule has 98 valence electrons. The standard InChI is InChI=1S/C11H13BrN2O4/c1-17-11(16)9-6-8(12)10(15)14(13-9)7-2-4-18-5-3-7/h6-7H,2-5H2,1H3. The van der Waals surface area contributed by atoms with Crippen LogP contribution in [0, 0.1) is 0 Å². The van der Waals surface area contributed by atoms with Gasteiger partial charge in [0.25, 0.3) is 5.56 Å². The normalized spacial score (nSPS) is 16.6. The van der Waals surface area contributed by atoms with E-state index in [0.717, 1.165) is 0 Å². The molecule has 1 aliphatic rings. The van der Waals surface area contributed by atoms with E-state index in [1.165, 1.54) is 17.9 Å². The molecule has 1 saturated heterocycles. The van der Waals surface area contributed by atoms with Crippen LogP contribution in [-0.2, 0) is 9.47 Å². The number of hydrogen-bond acceptors (Lipinski definition) is 5. The van der Waals surface area contributed by atoms with E-state index < -0.39 is 5.97 Å². The van der Waals surface area contributed by atoms with Gasteiger partial charge in [0.15, 0.2) is 5.69 Å². The van der Waals surface area contributed by atoms with Crippen molar-refractivity contribution in [1.82, 2.24) is 9.78 Å². The lowest BCUT2D eigenvalue weighted by Crippen LogP contribution is -2.33. The first-order valence-corrected chi connectivity index (χ1v) is 6.38. The number of aromatic nitrogens is 2. The van der Waals surface area contributed by atoms with Gasteiger partial charge in [-0.15, -0.1) is 0 Å². The molecule has 6 nitrogen and oxygen atoms in total. The molecule has 0 unspecified atom stereocenters. The Morgan fingerprint density at radius 3 is 2.83 bits per heavy atom. The largest absolute Gasteiger partial charge is 0.464 e. The van der Waals surface area contributed by atoms with Gasteiger partial charge >= 0.3 is 5.97 Å². The lowest BCUT2D eigenvalue weighted by molar-refractivity contribution is 0.0570. The SMILES string of the molecule is COC(=O)c1cc(Br)c(=O)n(C2CCOCC2)n1. The average Bonchev–Trinajstić information content (AvgIpc) is 2.41. The van der Waals surface area contributed by atoms with Crippen LogP contribution < -0.4 is 5.56 Å². The second-order valence-electron chi connectivity index (χ2n) is 3.96. The summed E-state index contributed by atoms with van der Waals surface area (Å²) < 4.78 is 11.5. The maximum absolute atomic E-state index is 12.0. The number of methoxy groups -OCH3 is 1. The topological polar surface area (TPSA) is 70.4 Å². The zero-order chi connectivity index (χ0) is 13.1. The molecule has 1 fully saturated rings. The number of halogens is 1. The van der Waals surface area contributed by atoms with E-state index in [9.17, 15) is 9.59 Å². The Kier molecular flexibility index (Phi) is 4.13.